The smallest absolute Gasteiger partial charge is 0.191 e. The summed E-state index contributed by atoms with van der Waals surface area (Å²) in [5, 5.41) is 10.8. The Balaban J connectivity index is 0.00000529. The summed E-state index contributed by atoms with van der Waals surface area (Å²) in [4.78, 5) is 6.90. The fraction of sp³-hybridized carbons (Fsp3) is 0.750. The first-order valence-electron chi connectivity index (χ1n) is 8.33. The number of likely N-dealkylation sites (N-methyl/N-ethyl adjacent to an activating group) is 1. The molecule has 0 aliphatic carbocycles. The largest absolute Gasteiger partial charge is 0.385 e. The van der Waals surface area contributed by atoms with Gasteiger partial charge in [0, 0.05) is 53.1 Å². The number of ether oxygens (including phenoxy) is 1. The van der Waals surface area contributed by atoms with Gasteiger partial charge < -0.3 is 20.3 Å². The number of guanidine groups is 1. The van der Waals surface area contributed by atoms with Crippen LogP contribution in [0, 0.1) is 0 Å². The summed E-state index contributed by atoms with van der Waals surface area (Å²) in [6, 6.07) is 0. The summed E-state index contributed by atoms with van der Waals surface area (Å²) < 4.78 is 6.90. The minimum absolute atomic E-state index is 0. The lowest BCUT2D eigenvalue weighted by molar-refractivity contribution is 0.180. The van der Waals surface area contributed by atoms with E-state index in [1.54, 1.807) is 7.11 Å². The summed E-state index contributed by atoms with van der Waals surface area (Å²) in [7, 11) is 5.80. The number of aryl methyl sites for hydroxylation is 1. The Kier molecular flexibility index (Phi) is 13.9. The number of hydrogen-bond donors (Lipinski definition) is 2. The average molecular weight is 452 g/mol. The van der Waals surface area contributed by atoms with Gasteiger partial charge in [-0.05, 0) is 32.4 Å². The molecule has 8 heteroatoms. The third-order valence-electron chi connectivity index (χ3n) is 3.45. The number of aromatic nitrogens is 2. The van der Waals surface area contributed by atoms with E-state index in [2.05, 4.69) is 39.6 Å². The topological polar surface area (TPSA) is 66.7 Å². The van der Waals surface area contributed by atoms with Crippen molar-refractivity contribution in [2.75, 3.05) is 53.5 Å². The maximum absolute atomic E-state index is 5.07. The van der Waals surface area contributed by atoms with Gasteiger partial charge in [-0.3, -0.25) is 9.67 Å². The van der Waals surface area contributed by atoms with Gasteiger partial charge in [-0.15, -0.1) is 24.0 Å². The Bertz CT molecular complexity index is 452. The molecule has 0 aliphatic heterocycles. The molecule has 0 bridgehead atoms. The monoisotopic (exact) mass is 452 g/mol. The Labute approximate surface area is 163 Å². The van der Waals surface area contributed by atoms with E-state index in [0.717, 1.165) is 58.1 Å². The standard InChI is InChI=1S/C16H32N6O.HI/c1-5-17-16(18-8-7-15-13-20-22(3)14-15)19-9-11-21(2)10-6-12-23-4;/h13-14H,5-12H2,1-4H3,(H2,17,18,19);1H. The van der Waals surface area contributed by atoms with Crippen molar-refractivity contribution >= 4 is 29.9 Å². The van der Waals surface area contributed by atoms with E-state index in [-0.39, 0.29) is 24.0 Å². The number of nitrogens with one attached hydrogen (secondary N) is 2. The maximum Gasteiger partial charge on any atom is 0.191 e. The van der Waals surface area contributed by atoms with Crippen molar-refractivity contribution in [3.05, 3.63) is 18.0 Å². The molecular weight excluding hydrogens is 419 g/mol. The van der Waals surface area contributed by atoms with Gasteiger partial charge in [0.1, 0.15) is 0 Å². The van der Waals surface area contributed by atoms with Crippen molar-refractivity contribution in [2.45, 2.75) is 19.8 Å². The second-order valence-electron chi connectivity index (χ2n) is 5.61. The van der Waals surface area contributed by atoms with E-state index in [1.807, 2.05) is 24.1 Å². The molecule has 0 atom stereocenters. The molecule has 0 spiro atoms. The third kappa shape index (κ3) is 10.8. The fourth-order valence-corrected chi connectivity index (χ4v) is 2.19. The summed E-state index contributed by atoms with van der Waals surface area (Å²) in [5.41, 5.74) is 1.23. The summed E-state index contributed by atoms with van der Waals surface area (Å²) in [6.07, 6.45) is 5.94. The van der Waals surface area contributed by atoms with Crippen molar-refractivity contribution in [1.82, 2.24) is 25.3 Å². The lowest BCUT2D eigenvalue weighted by Gasteiger charge is -2.16. The van der Waals surface area contributed by atoms with E-state index in [0.29, 0.717) is 0 Å². The van der Waals surface area contributed by atoms with Crippen LogP contribution in [-0.4, -0.2) is 74.1 Å². The molecule has 0 saturated carbocycles. The van der Waals surface area contributed by atoms with E-state index >= 15 is 0 Å². The van der Waals surface area contributed by atoms with Crippen LogP contribution in [0.15, 0.2) is 17.4 Å². The van der Waals surface area contributed by atoms with Crippen molar-refractivity contribution in [1.29, 1.82) is 0 Å². The molecule has 0 aromatic carbocycles. The molecular formula is C16H33IN6O. The maximum atomic E-state index is 5.07. The van der Waals surface area contributed by atoms with Gasteiger partial charge >= 0.3 is 0 Å². The van der Waals surface area contributed by atoms with Crippen molar-refractivity contribution in [3.63, 3.8) is 0 Å². The molecule has 0 saturated heterocycles. The van der Waals surface area contributed by atoms with Gasteiger partial charge in [0.15, 0.2) is 5.96 Å². The number of halogens is 1. The van der Waals surface area contributed by atoms with Crippen LogP contribution >= 0.6 is 24.0 Å². The van der Waals surface area contributed by atoms with Crippen LogP contribution in [0.1, 0.15) is 18.9 Å². The summed E-state index contributed by atoms with van der Waals surface area (Å²) in [6.45, 7) is 7.37. The van der Waals surface area contributed by atoms with E-state index in [1.165, 1.54) is 5.56 Å². The van der Waals surface area contributed by atoms with E-state index in [9.17, 15) is 0 Å². The first-order chi connectivity index (χ1) is 11.2. The number of methoxy groups -OCH3 is 1. The zero-order chi connectivity index (χ0) is 16.9. The average Bonchev–Trinajstić information content (AvgIpc) is 2.93. The normalized spacial score (nSPS) is 11.5. The molecule has 1 heterocycles. The van der Waals surface area contributed by atoms with Gasteiger partial charge in [-0.25, -0.2) is 0 Å². The number of rotatable bonds is 11. The molecule has 0 aliphatic rings. The molecule has 0 radical (unpaired) electrons. The van der Waals surface area contributed by atoms with E-state index in [4.69, 9.17) is 4.74 Å². The van der Waals surface area contributed by atoms with Gasteiger partial charge in [0.2, 0.25) is 0 Å². The minimum atomic E-state index is 0. The molecule has 0 unspecified atom stereocenters. The van der Waals surface area contributed by atoms with Gasteiger partial charge in [0.25, 0.3) is 0 Å². The van der Waals surface area contributed by atoms with Crippen LogP contribution < -0.4 is 10.6 Å². The number of nitrogens with zero attached hydrogens (tertiary/aromatic N) is 4. The van der Waals surface area contributed by atoms with Crippen LogP contribution in [-0.2, 0) is 18.2 Å². The Morgan fingerprint density at radius 2 is 2.17 bits per heavy atom. The molecule has 24 heavy (non-hydrogen) atoms. The molecule has 0 amide bonds. The Hall–Kier alpha value is -0.870. The zero-order valence-corrected chi connectivity index (χ0v) is 17.7. The molecule has 2 N–H and O–H groups in total. The summed E-state index contributed by atoms with van der Waals surface area (Å²) >= 11 is 0. The molecule has 0 fully saturated rings. The zero-order valence-electron chi connectivity index (χ0n) is 15.4. The van der Waals surface area contributed by atoms with Crippen LogP contribution in [0.2, 0.25) is 0 Å². The van der Waals surface area contributed by atoms with Crippen LogP contribution in [0.3, 0.4) is 0 Å². The highest BCUT2D eigenvalue weighted by atomic mass is 127. The van der Waals surface area contributed by atoms with Gasteiger partial charge in [-0.1, -0.05) is 0 Å². The molecule has 1 aromatic rings. The molecule has 7 nitrogen and oxygen atoms in total. The third-order valence-corrected chi connectivity index (χ3v) is 3.45. The van der Waals surface area contributed by atoms with Crippen LogP contribution in [0.4, 0.5) is 0 Å². The minimum Gasteiger partial charge on any atom is -0.385 e. The van der Waals surface area contributed by atoms with Crippen LogP contribution in [0.5, 0.6) is 0 Å². The van der Waals surface area contributed by atoms with Crippen LogP contribution in [0.25, 0.3) is 0 Å². The predicted octanol–water partition coefficient (Wildman–Crippen LogP) is 1.10. The highest BCUT2D eigenvalue weighted by Gasteiger charge is 2.01. The molecule has 140 valence electrons. The second kappa shape index (κ2) is 14.5. The van der Waals surface area contributed by atoms with Crippen molar-refractivity contribution in [2.24, 2.45) is 12.0 Å². The van der Waals surface area contributed by atoms with Crippen molar-refractivity contribution < 1.29 is 4.74 Å². The second-order valence-corrected chi connectivity index (χ2v) is 5.61. The Morgan fingerprint density at radius 3 is 2.79 bits per heavy atom. The highest BCUT2D eigenvalue weighted by Crippen LogP contribution is 1.96. The number of aliphatic imine (C=N–C) groups is 1. The molecule has 1 aromatic heterocycles. The molecule has 1 rings (SSSR count). The highest BCUT2D eigenvalue weighted by molar-refractivity contribution is 14.0. The SMILES string of the molecule is CCNC(=NCCN(C)CCCOC)NCCc1cnn(C)c1.I. The number of hydrogen-bond acceptors (Lipinski definition) is 4. The van der Waals surface area contributed by atoms with Gasteiger partial charge in [-0.2, -0.15) is 5.10 Å². The Morgan fingerprint density at radius 1 is 1.38 bits per heavy atom. The first-order valence-corrected chi connectivity index (χ1v) is 8.33. The predicted molar refractivity (Wildman–Crippen MR) is 110 cm³/mol. The summed E-state index contributed by atoms with van der Waals surface area (Å²) in [5.74, 6) is 0.877. The quantitative estimate of drug-likeness (QED) is 0.228. The first kappa shape index (κ1) is 23.1. The lowest BCUT2D eigenvalue weighted by atomic mass is 10.2. The lowest BCUT2D eigenvalue weighted by Crippen LogP contribution is -2.39. The fourth-order valence-electron chi connectivity index (χ4n) is 2.19. The van der Waals surface area contributed by atoms with E-state index < -0.39 is 0 Å². The van der Waals surface area contributed by atoms with Crippen molar-refractivity contribution in [3.8, 4) is 0 Å². The van der Waals surface area contributed by atoms with Gasteiger partial charge in [0.05, 0.1) is 12.7 Å².